The van der Waals surface area contributed by atoms with Gasteiger partial charge in [0.1, 0.15) is 5.82 Å². The fourth-order valence-corrected chi connectivity index (χ4v) is 2.26. The predicted molar refractivity (Wildman–Crippen MR) is 93.0 cm³/mol. The Balaban J connectivity index is 0.000000395. The summed E-state index contributed by atoms with van der Waals surface area (Å²) in [6.45, 7) is 2.85. The number of halogens is 3. The van der Waals surface area contributed by atoms with Gasteiger partial charge < -0.3 is 10.1 Å². The minimum absolute atomic E-state index is 0. The first kappa shape index (κ1) is 22.5. The molecule has 2 aromatic carbocycles. The molecule has 0 aliphatic heterocycles. The monoisotopic (exact) mass is 551 g/mol. The summed E-state index contributed by atoms with van der Waals surface area (Å²) in [6.07, 6.45) is 2.70. The fourth-order valence-electron chi connectivity index (χ4n) is 2.26. The molecule has 1 N–H and O–H groups in total. The Morgan fingerprint density at radius 3 is 2.37 bits per heavy atom. The van der Waals surface area contributed by atoms with Crippen molar-refractivity contribution in [2.45, 2.75) is 13.8 Å². The minimum Gasteiger partial charge on any atom is -0.512 e. The zero-order chi connectivity index (χ0) is 19.3. The zero-order valence-corrected chi connectivity index (χ0v) is 16.8. The van der Waals surface area contributed by atoms with E-state index in [0.717, 1.165) is 16.8 Å². The smallest absolute Gasteiger partial charge is 0.155 e. The van der Waals surface area contributed by atoms with Crippen LogP contribution in [-0.4, -0.2) is 15.9 Å². The summed E-state index contributed by atoms with van der Waals surface area (Å²) >= 11 is 0. The molecule has 0 spiro atoms. The summed E-state index contributed by atoms with van der Waals surface area (Å²) in [6, 6.07) is 12.1. The van der Waals surface area contributed by atoms with Crippen LogP contribution in [0.15, 0.2) is 54.4 Å². The van der Waals surface area contributed by atoms with Gasteiger partial charge in [-0.05, 0) is 36.4 Å². The van der Waals surface area contributed by atoms with Crippen LogP contribution in [0.3, 0.4) is 0 Å². The summed E-state index contributed by atoms with van der Waals surface area (Å²) in [5, 5.41) is 9.97. The topological polar surface area (TPSA) is 50.2 Å². The van der Waals surface area contributed by atoms with Gasteiger partial charge in [-0.25, -0.2) is 8.78 Å². The second-order valence-electron chi connectivity index (χ2n) is 5.44. The van der Waals surface area contributed by atoms with E-state index in [1.807, 2.05) is 12.1 Å². The summed E-state index contributed by atoms with van der Waals surface area (Å²) in [7, 11) is 0. The van der Waals surface area contributed by atoms with Gasteiger partial charge in [0.2, 0.25) is 0 Å². The Morgan fingerprint density at radius 2 is 1.81 bits per heavy atom. The Labute approximate surface area is 167 Å². The number of aliphatic hydroxyl groups is 1. The molecule has 7 heteroatoms. The van der Waals surface area contributed by atoms with Gasteiger partial charge in [-0.3, -0.25) is 9.18 Å². The third-order valence-electron chi connectivity index (χ3n) is 3.26. The van der Waals surface area contributed by atoms with Gasteiger partial charge in [0.05, 0.1) is 17.4 Å². The van der Waals surface area contributed by atoms with Crippen molar-refractivity contribution in [3.05, 3.63) is 77.9 Å². The maximum Gasteiger partial charge on any atom is 0.155 e. The normalized spacial score (nSPS) is 10.6. The first-order valence-electron chi connectivity index (χ1n) is 7.58. The molecular formula is C20H15F3IrNO2-. The van der Waals surface area contributed by atoms with E-state index in [4.69, 9.17) is 5.11 Å². The summed E-state index contributed by atoms with van der Waals surface area (Å²) in [5.74, 6) is -4.18. The van der Waals surface area contributed by atoms with Crippen LogP contribution in [0, 0.1) is 23.5 Å². The minimum atomic E-state index is -1.52. The van der Waals surface area contributed by atoms with Crippen molar-refractivity contribution >= 4 is 16.6 Å². The summed E-state index contributed by atoms with van der Waals surface area (Å²) in [5.41, 5.74) is 0.462. The van der Waals surface area contributed by atoms with Crippen LogP contribution in [0.25, 0.3) is 22.0 Å². The number of carbonyl (C=O) groups excluding carboxylic acids is 1. The second kappa shape index (κ2) is 9.99. The Hall–Kier alpha value is -2.50. The van der Waals surface area contributed by atoms with Crippen molar-refractivity contribution in [2.24, 2.45) is 0 Å². The molecule has 0 unspecified atom stereocenters. The molecule has 0 amide bonds. The van der Waals surface area contributed by atoms with E-state index in [2.05, 4.69) is 11.1 Å². The van der Waals surface area contributed by atoms with Crippen LogP contribution in [0.2, 0.25) is 0 Å². The zero-order valence-electron chi connectivity index (χ0n) is 14.4. The molecule has 1 aromatic heterocycles. The number of nitrogens with zero attached hydrogens (tertiary/aromatic N) is 1. The maximum atomic E-state index is 13.3. The van der Waals surface area contributed by atoms with E-state index in [0.29, 0.717) is 5.69 Å². The molecule has 0 saturated carbocycles. The molecule has 3 rings (SSSR count). The Morgan fingerprint density at radius 1 is 1.15 bits per heavy atom. The van der Waals surface area contributed by atoms with Crippen LogP contribution in [0.5, 0.6) is 0 Å². The van der Waals surface area contributed by atoms with E-state index >= 15 is 0 Å². The van der Waals surface area contributed by atoms with Crippen LogP contribution in [-0.2, 0) is 24.9 Å². The number of carbonyl (C=O) groups is 1. The van der Waals surface area contributed by atoms with Gasteiger partial charge in [-0.2, -0.15) is 0 Å². The van der Waals surface area contributed by atoms with Crippen molar-refractivity contribution < 1.29 is 43.2 Å². The molecule has 27 heavy (non-hydrogen) atoms. The number of allylic oxidation sites excluding steroid dienone is 2. The van der Waals surface area contributed by atoms with Crippen molar-refractivity contribution in [1.29, 1.82) is 0 Å². The first-order chi connectivity index (χ1) is 12.3. The SMILES string of the molecule is CC(=O)/C=C(/C)O.Fc1[c-]c(-c2nccc3ccccc23)cc(F)c1F.[Ir]. The van der Waals surface area contributed by atoms with Crippen molar-refractivity contribution in [2.75, 3.05) is 0 Å². The number of hydrogen-bond acceptors (Lipinski definition) is 3. The number of pyridine rings is 1. The van der Waals surface area contributed by atoms with Crippen molar-refractivity contribution in [3.8, 4) is 11.3 Å². The van der Waals surface area contributed by atoms with Gasteiger partial charge in [0, 0.05) is 32.4 Å². The van der Waals surface area contributed by atoms with Gasteiger partial charge in [-0.15, -0.1) is 17.7 Å². The summed E-state index contributed by atoms with van der Waals surface area (Å²) < 4.78 is 39.4. The molecule has 3 aromatic rings. The maximum absolute atomic E-state index is 13.3. The number of fused-ring (bicyclic) bond motifs is 1. The predicted octanol–water partition coefficient (Wildman–Crippen LogP) is 5.15. The Kier molecular flexibility index (Phi) is 8.34. The number of hydrogen-bond donors (Lipinski definition) is 1. The molecular weight excluding hydrogens is 535 g/mol. The fraction of sp³-hybridized carbons (Fsp3) is 0.100. The van der Waals surface area contributed by atoms with Crippen molar-refractivity contribution in [1.82, 2.24) is 4.98 Å². The van der Waals surface area contributed by atoms with Crippen LogP contribution < -0.4 is 0 Å². The third-order valence-corrected chi connectivity index (χ3v) is 3.26. The van der Waals surface area contributed by atoms with Gasteiger partial charge >= 0.3 is 0 Å². The molecule has 1 radical (unpaired) electrons. The van der Waals surface area contributed by atoms with Crippen molar-refractivity contribution in [3.63, 3.8) is 0 Å². The standard InChI is InChI=1S/C15H7F3N.C5H8O2.Ir/c16-12-7-10(8-13(17)14(12)18)15-11-4-2-1-3-9(11)5-6-19-15;1-4(6)3-5(2)7;/h1-7H;3,6H,1-2H3;/q-1;;/b;4-3-;. The largest absolute Gasteiger partial charge is 0.512 e. The van der Waals surface area contributed by atoms with Gasteiger partial charge in [0.15, 0.2) is 5.78 Å². The van der Waals surface area contributed by atoms with Gasteiger partial charge in [0.25, 0.3) is 0 Å². The number of aromatic nitrogens is 1. The quantitative estimate of drug-likeness (QED) is 0.208. The molecule has 0 aliphatic rings. The molecule has 0 bridgehead atoms. The third kappa shape index (κ3) is 6.01. The van der Waals surface area contributed by atoms with E-state index in [-0.39, 0.29) is 37.2 Å². The van der Waals surface area contributed by atoms with E-state index in [1.54, 1.807) is 18.2 Å². The summed E-state index contributed by atoms with van der Waals surface area (Å²) in [4.78, 5) is 14.1. The number of aliphatic hydroxyl groups excluding tert-OH is 1. The number of rotatable bonds is 2. The Bertz CT molecular complexity index is 958. The van der Waals surface area contributed by atoms with Crippen LogP contribution >= 0.6 is 0 Å². The molecule has 0 fully saturated rings. The first-order valence-corrected chi connectivity index (χ1v) is 7.58. The average molecular weight is 551 g/mol. The van der Waals surface area contributed by atoms with E-state index in [9.17, 15) is 18.0 Å². The molecule has 0 saturated heterocycles. The average Bonchev–Trinajstić information content (AvgIpc) is 2.58. The van der Waals surface area contributed by atoms with Gasteiger partial charge in [-0.1, -0.05) is 24.3 Å². The molecule has 143 valence electrons. The molecule has 0 atom stereocenters. The van der Waals surface area contributed by atoms with E-state index in [1.165, 1.54) is 26.1 Å². The van der Waals surface area contributed by atoms with E-state index < -0.39 is 17.5 Å². The van der Waals surface area contributed by atoms with Crippen LogP contribution in [0.4, 0.5) is 13.2 Å². The van der Waals surface area contributed by atoms with Crippen LogP contribution in [0.1, 0.15) is 13.8 Å². The molecule has 0 aliphatic carbocycles. The number of benzene rings is 2. The molecule has 3 nitrogen and oxygen atoms in total. The second-order valence-corrected chi connectivity index (χ2v) is 5.44. The molecule has 1 heterocycles. The number of ketones is 1.